The van der Waals surface area contributed by atoms with Crippen molar-refractivity contribution in [3.8, 4) is 0 Å². The number of hydrogen-bond donors (Lipinski definition) is 1. The minimum absolute atomic E-state index is 0.0796. The topological polar surface area (TPSA) is 49.4 Å². The zero-order valence-electron chi connectivity index (χ0n) is 11.9. The molecule has 0 aromatic heterocycles. The highest BCUT2D eigenvalue weighted by molar-refractivity contribution is 9.10. The Morgan fingerprint density at radius 1 is 1.45 bits per heavy atom. The Morgan fingerprint density at radius 3 is 2.75 bits per heavy atom. The lowest BCUT2D eigenvalue weighted by atomic mass is 10.1. The molecule has 1 unspecified atom stereocenters. The lowest BCUT2D eigenvalue weighted by molar-refractivity contribution is 0.601. The summed E-state index contributed by atoms with van der Waals surface area (Å²) >= 11 is 3.60. The monoisotopic (exact) mass is 360 g/mol. The van der Waals surface area contributed by atoms with Crippen LogP contribution < -0.4 is 10.2 Å². The van der Waals surface area contributed by atoms with Gasteiger partial charge in [0.2, 0.25) is 0 Å². The number of rotatable bonds is 5. The summed E-state index contributed by atoms with van der Waals surface area (Å²) in [6, 6.07) is 6.32. The molecule has 0 bridgehead atoms. The van der Waals surface area contributed by atoms with E-state index in [-0.39, 0.29) is 11.8 Å². The van der Waals surface area contributed by atoms with Crippen LogP contribution in [0.2, 0.25) is 0 Å². The molecule has 1 fully saturated rings. The van der Waals surface area contributed by atoms with Gasteiger partial charge < -0.3 is 10.2 Å². The summed E-state index contributed by atoms with van der Waals surface area (Å²) in [5.41, 5.74) is 2.27. The molecule has 1 saturated heterocycles. The van der Waals surface area contributed by atoms with Gasteiger partial charge in [-0.2, -0.15) is 0 Å². The molecule has 1 aromatic rings. The zero-order valence-corrected chi connectivity index (χ0v) is 14.3. The standard InChI is InChI=1S/C14H21BrN2O2S/c1-3-16-9-11-4-5-14(13(15)8-11)17(2)12-6-7-20(18,19)10-12/h4-5,8,12,16H,3,6-7,9-10H2,1-2H3. The van der Waals surface area contributed by atoms with E-state index in [9.17, 15) is 8.42 Å². The van der Waals surface area contributed by atoms with Crippen LogP contribution in [0.25, 0.3) is 0 Å². The Bertz CT molecular complexity index is 575. The summed E-state index contributed by atoms with van der Waals surface area (Å²) in [5, 5.41) is 3.29. The number of sulfone groups is 1. The van der Waals surface area contributed by atoms with Crippen LogP contribution in [-0.4, -0.2) is 39.6 Å². The maximum atomic E-state index is 11.6. The summed E-state index contributed by atoms with van der Waals surface area (Å²) in [6.45, 7) is 3.87. The van der Waals surface area contributed by atoms with Crippen LogP contribution in [0, 0.1) is 0 Å². The van der Waals surface area contributed by atoms with E-state index in [1.165, 1.54) is 5.56 Å². The van der Waals surface area contributed by atoms with Crippen molar-refractivity contribution < 1.29 is 8.42 Å². The molecule has 0 aliphatic carbocycles. The molecule has 20 heavy (non-hydrogen) atoms. The number of halogens is 1. The smallest absolute Gasteiger partial charge is 0.152 e. The van der Waals surface area contributed by atoms with Crippen LogP contribution in [0.15, 0.2) is 22.7 Å². The minimum atomic E-state index is -2.85. The second-order valence-corrected chi connectivity index (χ2v) is 8.32. The van der Waals surface area contributed by atoms with Gasteiger partial charge in [0.05, 0.1) is 17.2 Å². The van der Waals surface area contributed by atoms with Crippen LogP contribution in [0.4, 0.5) is 5.69 Å². The number of nitrogens with zero attached hydrogens (tertiary/aromatic N) is 1. The van der Waals surface area contributed by atoms with Crippen molar-refractivity contribution in [3.05, 3.63) is 28.2 Å². The van der Waals surface area contributed by atoms with E-state index in [2.05, 4.69) is 51.3 Å². The molecule has 0 radical (unpaired) electrons. The fraction of sp³-hybridized carbons (Fsp3) is 0.571. The van der Waals surface area contributed by atoms with Gasteiger partial charge >= 0.3 is 0 Å². The fourth-order valence-corrected chi connectivity index (χ4v) is 4.97. The molecule has 1 aliphatic rings. The summed E-state index contributed by atoms with van der Waals surface area (Å²) in [4.78, 5) is 2.08. The third-order valence-corrected chi connectivity index (χ3v) is 6.11. The number of nitrogens with one attached hydrogen (secondary N) is 1. The first kappa shape index (κ1) is 15.8. The van der Waals surface area contributed by atoms with Gasteiger partial charge in [0.15, 0.2) is 9.84 Å². The van der Waals surface area contributed by atoms with E-state index in [1.807, 2.05) is 7.05 Å². The number of anilines is 1. The molecule has 0 amide bonds. The minimum Gasteiger partial charge on any atom is -0.370 e. The van der Waals surface area contributed by atoms with E-state index >= 15 is 0 Å². The van der Waals surface area contributed by atoms with Crippen molar-refractivity contribution in [2.45, 2.75) is 25.9 Å². The predicted octanol–water partition coefficient (Wildman–Crippen LogP) is 2.18. The normalized spacial score (nSPS) is 21.1. The van der Waals surface area contributed by atoms with E-state index in [0.29, 0.717) is 12.2 Å². The van der Waals surface area contributed by atoms with E-state index in [4.69, 9.17) is 0 Å². The molecule has 112 valence electrons. The van der Waals surface area contributed by atoms with E-state index < -0.39 is 9.84 Å². The molecule has 2 rings (SSSR count). The van der Waals surface area contributed by atoms with Crippen molar-refractivity contribution in [2.24, 2.45) is 0 Å². The average Bonchev–Trinajstić information content (AvgIpc) is 2.76. The van der Waals surface area contributed by atoms with Gasteiger partial charge in [-0.05, 0) is 46.6 Å². The molecule has 1 aliphatic heterocycles. The first-order chi connectivity index (χ1) is 9.43. The highest BCUT2D eigenvalue weighted by Gasteiger charge is 2.31. The Morgan fingerprint density at radius 2 is 2.20 bits per heavy atom. The average molecular weight is 361 g/mol. The molecular weight excluding hydrogens is 340 g/mol. The third kappa shape index (κ3) is 3.74. The van der Waals surface area contributed by atoms with Gasteiger partial charge in [0, 0.05) is 24.1 Å². The Kier molecular flexibility index (Phi) is 5.09. The molecule has 0 saturated carbocycles. The first-order valence-electron chi connectivity index (χ1n) is 6.85. The zero-order chi connectivity index (χ0) is 14.8. The predicted molar refractivity (Wildman–Crippen MR) is 87.0 cm³/mol. The lowest BCUT2D eigenvalue weighted by Crippen LogP contribution is -2.32. The summed E-state index contributed by atoms with van der Waals surface area (Å²) in [6.07, 6.45) is 0.713. The highest BCUT2D eigenvalue weighted by Crippen LogP contribution is 2.30. The molecule has 1 atom stereocenters. The molecule has 6 heteroatoms. The molecule has 4 nitrogen and oxygen atoms in total. The second-order valence-electron chi connectivity index (χ2n) is 5.23. The van der Waals surface area contributed by atoms with Crippen molar-refractivity contribution >= 4 is 31.5 Å². The van der Waals surface area contributed by atoms with Crippen LogP contribution >= 0.6 is 15.9 Å². The molecule has 1 N–H and O–H groups in total. The fourth-order valence-electron chi connectivity index (χ4n) is 2.49. The van der Waals surface area contributed by atoms with Crippen molar-refractivity contribution in [3.63, 3.8) is 0 Å². The van der Waals surface area contributed by atoms with Gasteiger partial charge in [0.1, 0.15) is 0 Å². The summed E-state index contributed by atoms with van der Waals surface area (Å²) < 4.78 is 24.2. The Balaban J connectivity index is 2.12. The summed E-state index contributed by atoms with van der Waals surface area (Å²) in [7, 11) is -0.881. The SMILES string of the molecule is CCNCc1ccc(N(C)C2CCS(=O)(=O)C2)c(Br)c1. The highest BCUT2D eigenvalue weighted by atomic mass is 79.9. The van der Waals surface area contributed by atoms with Gasteiger partial charge in [-0.1, -0.05) is 13.0 Å². The lowest BCUT2D eigenvalue weighted by Gasteiger charge is -2.27. The maximum Gasteiger partial charge on any atom is 0.152 e. The van der Waals surface area contributed by atoms with Crippen LogP contribution in [0.1, 0.15) is 18.9 Å². The van der Waals surface area contributed by atoms with Crippen LogP contribution in [-0.2, 0) is 16.4 Å². The largest absolute Gasteiger partial charge is 0.370 e. The van der Waals surface area contributed by atoms with Crippen LogP contribution in [0.5, 0.6) is 0 Å². The van der Waals surface area contributed by atoms with E-state index in [0.717, 1.165) is 23.2 Å². The quantitative estimate of drug-likeness (QED) is 0.874. The Labute approximate surface area is 129 Å². The van der Waals surface area contributed by atoms with Gasteiger partial charge in [0.25, 0.3) is 0 Å². The van der Waals surface area contributed by atoms with Gasteiger partial charge in [-0.25, -0.2) is 8.42 Å². The van der Waals surface area contributed by atoms with Crippen molar-refractivity contribution in [2.75, 3.05) is 30.0 Å². The first-order valence-corrected chi connectivity index (χ1v) is 9.47. The third-order valence-electron chi connectivity index (χ3n) is 3.73. The van der Waals surface area contributed by atoms with Gasteiger partial charge in [-0.15, -0.1) is 0 Å². The van der Waals surface area contributed by atoms with E-state index in [1.54, 1.807) is 0 Å². The molecule has 0 spiro atoms. The number of hydrogen-bond acceptors (Lipinski definition) is 4. The van der Waals surface area contributed by atoms with Crippen molar-refractivity contribution in [1.82, 2.24) is 5.32 Å². The maximum absolute atomic E-state index is 11.6. The number of benzene rings is 1. The van der Waals surface area contributed by atoms with Crippen molar-refractivity contribution in [1.29, 1.82) is 0 Å². The summed E-state index contributed by atoms with van der Waals surface area (Å²) in [5.74, 6) is 0.563. The molecule has 1 aromatic carbocycles. The second kappa shape index (κ2) is 6.45. The van der Waals surface area contributed by atoms with Gasteiger partial charge in [-0.3, -0.25) is 0 Å². The van der Waals surface area contributed by atoms with Crippen LogP contribution in [0.3, 0.4) is 0 Å². The molecular formula is C14H21BrN2O2S. The Hall–Kier alpha value is -0.590. The molecule has 1 heterocycles.